The molecule has 2 fully saturated rings. The van der Waals surface area contributed by atoms with Crippen molar-refractivity contribution in [2.45, 2.75) is 117 Å². The molecule has 2 saturated heterocycles. The van der Waals surface area contributed by atoms with Crippen LogP contribution in [0.4, 0.5) is 0 Å². The molecular formula is C46H67N5O9. The Hall–Kier alpha value is -4.66. The molecule has 4 rings (SSSR count). The number of amides is 4. The predicted octanol–water partition coefficient (Wildman–Crippen LogP) is 3.84. The van der Waals surface area contributed by atoms with Crippen molar-refractivity contribution in [2.75, 3.05) is 46.2 Å². The third-order valence-electron chi connectivity index (χ3n) is 10.6. The highest BCUT2D eigenvalue weighted by atomic mass is 16.6. The van der Waals surface area contributed by atoms with Gasteiger partial charge in [-0.3, -0.25) is 38.6 Å². The number of aryl methyl sites for hydroxylation is 1. The van der Waals surface area contributed by atoms with E-state index in [1.165, 1.54) is 4.90 Å². The standard InChI is InChI=1S/C46H67N5O9/c1-31(2)25-36(40(53)46(8)29-60-46)48-41(54)37(27-34-17-13-10-14-18-34)49-42(55)38(26-32(3)4)51(30-59-44(57)45(5,6)7)43(56)35(20-19-33-15-11-9-12-16-33)47-39(52)28-50-21-23-58-24-22-50/h9-18,31-32,35-38H,19-30H2,1-8H3,(H,47,52)(H,48,54)(H,49,55)/t35-,36-,37-,38-,46+/m0/s1. The Kier molecular flexibility index (Phi) is 17.8. The van der Waals surface area contributed by atoms with E-state index in [1.807, 2.05) is 93.3 Å². The minimum atomic E-state index is -1.22. The van der Waals surface area contributed by atoms with Gasteiger partial charge in [0.25, 0.3) is 0 Å². The molecule has 330 valence electrons. The van der Waals surface area contributed by atoms with Crippen molar-refractivity contribution >= 4 is 35.4 Å². The van der Waals surface area contributed by atoms with E-state index in [-0.39, 0.29) is 55.9 Å². The van der Waals surface area contributed by atoms with E-state index in [0.717, 1.165) is 11.1 Å². The molecule has 0 radical (unpaired) electrons. The van der Waals surface area contributed by atoms with Gasteiger partial charge in [0.1, 0.15) is 23.7 Å². The Labute approximate surface area is 355 Å². The van der Waals surface area contributed by atoms with Crippen molar-refractivity contribution in [1.82, 2.24) is 25.8 Å². The summed E-state index contributed by atoms with van der Waals surface area (Å²) in [5, 5.41) is 8.80. The molecule has 3 N–H and O–H groups in total. The fourth-order valence-corrected chi connectivity index (χ4v) is 7.01. The summed E-state index contributed by atoms with van der Waals surface area (Å²) < 4.78 is 16.7. The molecule has 14 heteroatoms. The zero-order valence-electron chi connectivity index (χ0n) is 36.8. The normalized spacial score (nSPS) is 18.8. The van der Waals surface area contributed by atoms with Crippen molar-refractivity contribution in [1.29, 1.82) is 0 Å². The first-order valence-electron chi connectivity index (χ1n) is 21.3. The van der Waals surface area contributed by atoms with Crippen LogP contribution in [-0.4, -0.2) is 121 Å². The number of hydrogen-bond acceptors (Lipinski definition) is 10. The second kappa shape index (κ2) is 22.3. The Morgan fingerprint density at radius 2 is 1.35 bits per heavy atom. The number of rotatable bonds is 22. The number of Topliss-reactive ketones (excluding diaryl/α,β-unsaturated/α-hetero) is 1. The molecule has 0 bridgehead atoms. The molecule has 4 amide bonds. The molecule has 0 saturated carbocycles. The fraction of sp³-hybridized carbons (Fsp3) is 0.609. The molecule has 14 nitrogen and oxygen atoms in total. The molecule has 0 unspecified atom stereocenters. The summed E-state index contributed by atoms with van der Waals surface area (Å²) in [6.07, 6.45) is 1.24. The van der Waals surface area contributed by atoms with E-state index in [4.69, 9.17) is 14.2 Å². The predicted molar refractivity (Wildman–Crippen MR) is 227 cm³/mol. The molecule has 2 aliphatic heterocycles. The highest BCUT2D eigenvalue weighted by molar-refractivity contribution is 5.99. The molecule has 5 atom stereocenters. The van der Waals surface area contributed by atoms with Crippen LogP contribution in [0, 0.1) is 17.3 Å². The van der Waals surface area contributed by atoms with Crippen LogP contribution in [0.3, 0.4) is 0 Å². The maximum atomic E-state index is 15.0. The molecule has 0 aliphatic carbocycles. The molecular weight excluding hydrogens is 767 g/mol. The van der Waals surface area contributed by atoms with Gasteiger partial charge in [0.2, 0.25) is 23.6 Å². The van der Waals surface area contributed by atoms with Gasteiger partial charge in [0, 0.05) is 19.5 Å². The summed E-state index contributed by atoms with van der Waals surface area (Å²) >= 11 is 0. The molecule has 60 heavy (non-hydrogen) atoms. The van der Waals surface area contributed by atoms with Gasteiger partial charge in [0.15, 0.2) is 12.5 Å². The Balaban J connectivity index is 1.70. The van der Waals surface area contributed by atoms with E-state index >= 15 is 0 Å². The van der Waals surface area contributed by atoms with Gasteiger partial charge >= 0.3 is 5.97 Å². The summed E-state index contributed by atoms with van der Waals surface area (Å²) in [7, 11) is 0. The zero-order chi connectivity index (χ0) is 44.0. The number of carbonyl (C=O) groups is 6. The lowest BCUT2D eigenvalue weighted by Crippen LogP contribution is -2.60. The van der Waals surface area contributed by atoms with E-state index in [2.05, 4.69) is 16.0 Å². The largest absolute Gasteiger partial charge is 0.444 e. The monoisotopic (exact) mass is 833 g/mol. The Morgan fingerprint density at radius 1 is 0.783 bits per heavy atom. The number of benzene rings is 2. The van der Waals surface area contributed by atoms with Gasteiger partial charge < -0.3 is 30.2 Å². The van der Waals surface area contributed by atoms with Crippen LogP contribution in [-0.2, 0) is 55.8 Å². The number of ether oxygens (including phenoxy) is 3. The highest BCUT2D eigenvalue weighted by Gasteiger charge is 2.50. The molecule has 0 aromatic heterocycles. The lowest BCUT2D eigenvalue weighted by molar-refractivity contribution is -0.166. The lowest BCUT2D eigenvalue weighted by atomic mass is 9.93. The highest BCUT2D eigenvalue weighted by Crippen LogP contribution is 2.30. The second-order valence-electron chi connectivity index (χ2n) is 18.1. The first-order valence-corrected chi connectivity index (χ1v) is 21.3. The van der Waals surface area contributed by atoms with Crippen LogP contribution in [0.5, 0.6) is 0 Å². The van der Waals surface area contributed by atoms with Gasteiger partial charge in [0.05, 0.1) is 37.8 Å². The van der Waals surface area contributed by atoms with Crippen molar-refractivity contribution in [2.24, 2.45) is 17.3 Å². The number of hydrogen-bond donors (Lipinski definition) is 3. The average Bonchev–Trinajstić information content (AvgIpc) is 3.96. The second-order valence-corrected chi connectivity index (χ2v) is 18.1. The maximum Gasteiger partial charge on any atom is 0.312 e. The SMILES string of the molecule is CC(C)C[C@H](NC(=O)[C@H](Cc1ccccc1)NC(=O)[C@H](CC(C)C)N(COC(=O)C(C)(C)C)C(=O)[C@H](CCc1ccccc1)NC(=O)CN1CCOCC1)C(=O)[C@@]1(C)CO1. The zero-order valence-corrected chi connectivity index (χ0v) is 36.8. The van der Waals surface area contributed by atoms with Gasteiger partial charge in [-0.2, -0.15) is 0 Å². The van der Waals surface area contributed by atoms with Crippen LogP contribution in [0.1, 0.15) is 85.8 Å². The molecule has 2 aromatic carbocycles. The third kappa shape index (κ3) is 15.1. The molecule has 2 heterocycles. The summed E-state index contributed by atoms with van der Waals surface area (Å²) in [5.41, 5.74) is -0.188. The molecule has 0 spiro atoms. The number of nitrogens with zero attached hydrogens (tertiary/aromatic N) is 2. The summed E-state index contributed by atoms with van der Waals surface area (Å²) in [4.78, 5) is 87.6. The van der Waals surface area contributed by atoms with E-state index in [9.17, 15) is 28.8 Å². The fourth-order valence-electron chi connectivity index (χ4n) is 7.01. The van der Waals surface area contributed by atoms with Gasteiger partial charge in [-0.1, -0.05) is 88.4 Å². The number of epoxide rings is 1. The average molecular weight is 834 g/mol. The van der Waals surface area contributed by atoms with Crippen molar-refractivity contribution < 1.29 is 43.0 Å². The van der Waals surface area contributed by atoms with Gasteiger partial charge in [-0.05, 0) is 76.3 Å². The van der Waals surface area contributed by atoms with Crippen LogP contribution >= 0.6 is 0 Å². The quantitative estimate of drug-likeness (QED) is 0.0899. The maximum absolute atomic E-state index is 15.0. The summed E-state index contributed by atoms with van der Waals surface area (Å²) in [6, 6.07) is 14.4. The summed E-state index contributed by atoms with van der Waals surface area (Å²) in [5.74, 6) is -3.07. The summed E-state index contributed by atoms with van der Waals surface area (Å²) in [6.45, 7) is 16.4. The van der Waals surface area contributed by atoms with Crippen LogP contribution in [0.25, 0.3) is 0 Å². The Morgan fingerprint density at radius 3 is 1.90 bits per heavy atom. The number of carbonyl (C=O) groups excluding carboxylic acids is 6. The first kappa shape index (κ1) is 48.0. The van der Waals surface area contributed by atoms with Crippen LogP contribution in [0.2, 0.25) is 0 Å². The van der Waals surface area contributed by atoms with E-state index in [0.29, 0.717) is 39.1 Å². The molecule has 2 aliphatic rings. The van der Waals surface area contributed by atoms with Crippen LogP contribution in [0.15, 0.2) is 60.7 Å². The van der Waals surface area contributed by atoms with Gasteiger partial charge in [-0.25, -0.2) is 0 Å². The number of esters is 1. The smallest absolute Gasteiger partial charge is 0.312 e. The number of ketones is 1. The van der Waals surface area contributed by atoms with E-state index < -0.39 is 65.6 Å². The lowest BCUT2D eigenvalue weighted by Gasteiger charge is -2.36. The minimum absolute atomic E-state index is 0.0508. The Bertz CT molecular complexity index is 1740. The third-order valence-corrected chi connectivity index (χ3v) is 10.6. The van der Waals surface area contributed by atoms with Crippen molar-refractivity contribution in [3.05, 3.63) is 71.8 Å². The minimum Gasteiger partial charge on any atom is -0.444 e. The van der Waals surface area contributed by atoms with Crippen molar-refractivity contribution in [3.63, 3.8) is 0 Å². The van der Waals surface area contributed by atoms with Crippen LogP contribution < -0.4 is 16.0 Å². The number of nitrogens with one attached hydrogen (secondary N) is 3. The number of morpholine rings is 1. The van der Waals surface area contributed by atoms with E-state index in [1.54, 1.807) is 27.7 Å². The first-order chi connectivity index (χ1) is 28.4. The molecule has 2 aromatic rings. The van der Waals surface area contributed by atoms with Crippen molar-refractivity contribution in [3.8, 4) is 0 Å². The van der Waals surface area contributed by atoms with Gasteiger partial charge in [-0.15, -0.1) is 0 Å². The topological polar surface area (TPSA) is 176 Å².